The van der Waals surface area contributed by atoms with E-state index in [1.807, 2.05) is 6.92 Å². The first-order chi connectivity index (χ1) is 16.2. The minimum Gasteiger partial charge on any atom is -0.483 e. The van der Waals surface area contributed by atoms with Crippen molar-refractivity contribution in [3.8, 4) is 17.2 Å². The SMILES string of the molecule is CC1(Oc2cc(C(=O)Oc3ccccc3)ccc2OC(F)(F)F)CC2CC1C1C3CCC(C3)C21. The number of carbonyl (C=O) groups excluding carboxylic acids is 1. The van der Waals surface area contributed by atoms with E-state index < -0.39 is 23.7 Å². The number of halogens is 3. The van der Waals surface area contributed by atoms with Gasteiger partial charge < -0.3 is 14.2 Å². The molecule has 0 radical (unpaired) electrons. The lowest BCUT2D eigenvalue weighted by atomic mass is 9.66. The molecule has 0 aromatic heterocycles. The van der Waals surface area contributed by atoms with Crippen molar-refractivity contribution in [2.75, 3.05) is 0 Å². The molecule has 0 heterocycles. The molecule has 0 spiro atoms. The monoisotopic (exact) mass is 472 g/mol. The highest BCUT2D eigenvalue weighted by molar-refractivity contribution is 5.91. The van der Waals surface area contributed by atoms with Crippen molar-refractivity contribution < 1.29 is 32.2 Å². The fourth-order valence-electron chi connectivity index (χ4n) is 7.81. The predicted molar refractivity (Wildman–Crippen MR) is 118 cm³/mol. The molecule has 0 amide bonds. The summed E-state index contributed by atoms with van der Waals surface area (Å²) in [5, 5.41) is 0. The number of ether oxygens (including phenoxy) is 3. The molecule has 0 saturated heterocycles. The van der Waals surface area contributed by atoms with Crippen molar-refractivity contribution in [3.63, 3.8) is 0 Å². The summed E-state index contributed by atoms with van der Waals surface area (Å²) in [5.41, 5.74) is -0.472. The van der Waals surface area contributed by atoms with Gasteiger partial charge in [-0.2, -0.15) is 0 Å². The van der Waals surface area contributed by atoms with Gasteiger partial charge in [0.05, 0.1) is 5.56 Å². The fraction of sp³-hybridized carbons (Fsp3) is 0.519. The third kappa shape index (κ3) is 3.64. The van der Waals surface area contributed by atoms with E-state index in [-0.39, 0.29) is 11.3 Å². The summed E-state index contributed by atoms with van der Waals surface area (Å²) in [6, 6.07) is 12.3. The van der Waals surface area contributed by atoms with Crippen LogP contribution in [0, 0.1) is 35.5 Å². The first-order valence-corrected chi connectivity index (χ1v) is 12.1. The zero-order valence-electron chi connectivity index (χ0n) is 18.9. The Balaban J connectivity index is 1.29. The topological polar surface area (TPSA) is 44.8 Å². The maximum Gasteiger partial charge on any atom is 0.573 e. The second-order valence-corrected chi connectivity index (χ2v) is 10.6. The normalized spacial score (nSPS) is 35.3. The molecule has 4 aliphatic carbocycles. The molecule has 2 aromatic carbocycles. The van der Waals surface area contributed by atoms with E-state index in [4.69, 9.17) is 9.47 Å². The van der Waals surface area contributed by atoms with Crippen molar-refractivity contribution in [1.82, 2.24) is 0 Å². The van der Waals surface area contributed by atoms with Crippen LogP contribution in [0.4, 0.5) is 13.2 Å². The Labute approximate surface area is 196 Å². The van der Waals surface area contributed by atoms with Crippen LogP contribution in [-0.4, -0.2) is 17.9 Å². The van der Waals surface area contributed by atoms with Gasteiger partial charge in [0.1, 0.15) is 11.4 Å². The molecule has 7 heteroatoms. The second kappa shape index (κ2) is 7.65. The number of esters is 1. The lowest BCUT2D eigenvalue weighted by Crippen LogP contribution is -2.46. The zero-order chi connectivity index (χ0) is 23.7. The van der Waals surface area contributed by atoms with Crippen LogP contribution in [-0.2, 0) is 0 Å². The van der Waals surface area contributed by atoms with E-state index in [1.165, 1.54) is 31.4 Å². The highest BCUT2D eigenvalue weighted by Crippen LogP contribution is 2.70. The lowest BCUT2D eigenvalue weighted by molar-refractivity contribution is -0.275. The molecule has 4 fully saturated rings. The van der Waals surface area contributed by atoms with Gasteiger partial charge in [0.15, 0.2) is 11.5 Å². The van der Waals surface area contributed by atoms with Gasteiger partial charge in [-0.05, 0) is 98.9 Å². The molecule has 4 saturated carbocycles. The van der Waals surface area contributed by atoms with Crippen LogP contribution in [0.5, 0.6) is 17.2 Å². The van der Waals surface area contributed by atoms with Gasteiger partial charge in [0.25, 0.3) is 0 Å². The number of alkyl halides is 3. The minimum absolute atomic E-state index is 0.0606. The van der Waals surface area contributed by atoms with E-state index in [1.54, 1.807) is 30.3 Å². The van der Waals surface area contributed by atoms with E-state index in [2.05, 4.69) is 4.74 Å². The Bertz CT molecular complexity index is 1100. The molecule has 0 N–H and O–H groups in total. The second-order valence-electron chi connectivity index (χ2n) is 10.6. The molecule has 2 aromatic rings. The summed E-state index contributed by atoms with van der Waals surface area (Å²) in [6.07, 6.45) is 0.906. The van der Waals surface area contributed by atoms with Gasteiger partial charge in [-0.1, -0.05) is 18.2 Å². The van der Waals surface area contributed by atoms with Crippen molar-refractivity contribution in [1.29, 1.82) is 0 Å². The standard InChI is InChI=1S/C27H27F3O4/c1-26(14-18-12-20(26)24-16-8-7-15(11-16)23(18)24)33-22-13-17(9-10-21(22)34-27(28,29)30)25(31)32-19-5-3-2-4-6-19/h2-6,9-10,13,15-16,18,20,23-24H,7-8,11-12,14H2,1H3. The molecular weight excluding hydrogens is 445 g/mol. The molecule has 180 valence electrons. The Morgan fingerprint density at radius 1 is 0.941 bits per heavy atom. The smallest absolute Gasteiger partial charge is 0.483 e. The molecule has 4 bridgehead atoms. The molecule has 0 aliphatic heterocycles. The van der Waals surface area contributed by atoms with Crippen LogP contribution in [0.2, 0.25) is 0 Å². The van der Waals surface area contributed by atoms with Gasteiger partial charge in [-0.25, -0.2) is 4.79 Å². The number of benzene rings is 2. The number of hydrogen-bond donors (Lipinski definition) is 0. The van der Waals surface area contributed by atoms with Crippen LogP contribution < -0.4 is 14.2 Å². The third-order valence-electron chi connectivity index (χ3n) is 8.77. The van der Waals surface area contributed by atoms with Crippen molar-refractivity contribution in [2.24, 2.45) is 35.5 Å². The number of hydrogen-bond acceptors (Lipinski definition) is 4. The van der Waals surface area contributed by atoms with Gasteiger partial charge in [0.2, 0.25) is 0 Å². The first kappa shape index (κ1) is 21.8. The summed E-state index contributed by atoms with van der Waals surface area (Å²) in [5.74, 6) is 2.95. The molecule has 4 nitrogen and oxygen atoms in total. The van der Waals surface area contributed by atoms with E-state index in [0.717, 1.165) is 30.7 Å². The summed E-state index contributed by atoms with van der Waals surface area (Å²) >= 11 is 0. The number of rotatable bonds is 5. The third-order valence-corrected chi connectivity index (χ3v) is 8.77. The van der Waals surface area contributed by atoms with Crippen LogP contribution in [0.25, 0.3) is 0 Å². The number of para-hydroxylation sites is 1. The molecule has 34 heavy (non-hydrogen) atoms. The molecular formula is C27H27F3O4. The van der Waals surface area contributed by atoms with Gasteiger partial charge in [-0.15, -0.1) is 13.2 Å². The fourth-order valence-corrected chi connectivity index (χ4v) is 7.81. The minimum atomic E-state index is -4.87. The van der Waals surface area contributed by atoms with Gasteiger partial charge in [-0.3, -0.25) is 0 Å². The summed E-state index contributed by atoms with van der Waals surface area (Å²) in [6.45, 7) is 2.02. The van der Waals surface area contributed by atoms with Crippen LogP contribution in [0.3, 0.4) is 0 Å². The molecule has 7 atom stereocenters. The van der Waals surface area contributed by atoms with Gasteiger partial charge in [0, 0.05) is 5.92 Å². The van der Waals surface area contributed by atoms with Crippen LogP contribution in [0.1, 0.15) is 49.4 Å². The van der Waals surface area contributed by atoms with Gasteiger partial charge >= 0.3 is 12.3 Å². The maximum atomic E-state index is 13.1. The van der Waals surface area contributed by atoms with E-state index in [0.29, 0.717) is 29.4 Å². The lowest BCUT2D eigenvalue weighted by Gasteiger charge is -2.44. The largest absolute Gasteiger partial charge is 0.573 e. The van der Waals surface area contributed by atoms with E-state index in [9.17, 15) is 18.0 Å². The Morgan fingerprint density at radius 3 is 2.41 bits per heavy atom. The molecule has 6 rings (SSSR count). The quantitative estimate of drug-likeness (QED) is 0.278. The van der Waals surface area contributed by atoms with E-state index >= 15 is 0 Å². The highest BCUT2D eigenvalue weighted by Gasteiger charge is 2.66. The van der Waals surface area contributed by atoms with Crippen LogP contribution in [0.15, 0.2) is 48.5 Å². The zero-order valence-corrected chi connectivity index (χ0v) is 18.9. The van der Waals surface area contributed by atoms with Crippen molar-refractivity contribution in [2.45, 2.75) is 51.0 Å². The highest BCUT2D eigenvalue weighted by atomic mass is 19.4. The number of carbonyl (C=O) groups is 1. The Kier molecular flexibility index (Phi) is 4.91. The summed E-state index contributed by atoms with van der Waals surface area (Å²) in [4.78, 5) is 12.7. The maximum absolute atomic E-state index is 13.1. The molecule has 7 unspecified atom stereocenters. The first-order valence-electron chi connectivity index (χ1n) is 12.1. The summed E-state index contributed by atoms with van der Waals surface area (Å²) in [7, 11) is 0. The average molecular weight is 473 g/mol. The predicted octanol–water partition coefficient (Wildman–Crippen LogP) is 6.64. The Morgan fingerprint density at radius 2 is 1.68 bits per heavy atom. The van der Waals surface area contributed by atoms with Crippen LogP contribution >= 0.6 is 0 Å². The average Bonchev–Trinajstić information content (AvgIpc) is 3.54. The summed E-state index contributed by atoms with van der Waals surface area (Å²) < 4.78 is 55.5. The van der Waals surface area contributed by atoms with Crippen molar-refractivity contribution in [3.05, 3.63) is 54.1 Å². The van der Waals surface area contributed by atoms with Crippen molar-refractivity contribution >= 4 is 5.97 Å². The molecule has 4 aliphatic rings. The Hall–Kier alpha value is -2.70. The number of fused-ring (bicyclic) bond motifs is 9.